The first-order chi connectivity index (χ1) is 9.65. The van der Waals surface area contributed by atoms with Crippen LogP contribution in [0.1, 0.15) is 22.3 Å². The number of nitrogens with zero attached hydrogens (tertiary/aromatic N) is 1. The molecule has 0 spiro atoms. The molecular formula is C16H18BrNO2. The van der Waals surface area contributed by atoms with Crippen molar-refractivity contribution in [3.63, 3.8) is 0 Å². The number of ether oxygens (including phenoxy) is 2. The summed E-state index contributed by atoms with van der Waals surface area (Å²) in [5.74, 6) is 1.54. The minimum atomic E-state index is 0.451. The lowest BCUT2D eigenvalue weighted by Crippen LogP contribution is -2.02. The van der Waals surface area contributed by atoms with Crippen LogP contribution in [0.25, 0.3) is 0 Å². The number of aromatic nitrogens is 1. The van der Waals surface area contributed by atoms with Gasteiger partial charge in [0.1, 0.15) is 12.4 Å². The molecule has 1 heterocycles. The van der Waals surface area contributed by atoms with Crippen LogP contribution in [0.2, 0.25) is 0 Å². The van der Waals surface area contributed by atoms with Crippen molar-refractivity contribution in [3.8, 4) is 11.6 Å². The Hall–Kier alpha value is -1.55. The Kier molecular flexibility index (Phi) is 5.01. The van der Waals surface area contributed by atoms with Crippen LogP contribution in [0, 0.1) is 13.8 Å². The predicted octanol–water partition coefficient (Wildman–Crippen LogP) is 4.18. The summed E-state index contributed by atoms with van der Waals surface area (Å²) in [5, 5.41) is 0.853. The topological polar surface area (TPSA) is 31.4 Å². The van der Waals surface area contributed by atoms with E-state index < -0.39 is 0 Å². The molecule has 0 N–H and O–H groups in total. The summed E-state index contributed by atoms with van der Waals surface area (Å²) in [6.07, 6.45) is 1.71. The zero-order valence-corrected chi connectivity index (χ0v) is 13.5. The van der Waals surface area contributed by atoms with Crippen LogP contribution < -0.4 is 9.47 Å². The van der Waals surface area contributed by atoms with E-state index in [1.165, 1.54) is 5.56 Å². The number of rotatable bonds is 5. The maximum Gasteiger partial charge on any atom is 0.219 e. The summed E-state index contributed by atoms with van der Waals surface area (Å²) in [6, 6.07) is 8.12. The minimum absolute atomic E-state index is 0.451. The Balaban J connectivity index is 2.19. The smallest absolute Gasteiger partial charge is 0.219 e. The highest BCUT2D eigenvalue weighted by atomic mass is 79.9. The molecule has 106 valence electrons. The van der Waals surface area contributed by atoms with E-state index in [4.69, 9.17) is 9.47 Å². The number of aryl methyl sites for hydroxylation is 2. The average molecular weight is 336 g/mol. The monoisotopic (exact) mass is 335 g/mol. The summed E-state index contributed by atoms with van der Waals surface area (Å²) in [4.78, 5) is 4.17. The van der Waals surface area contributed by atoms with Crippen LogP contribution in [-0.2, 0) is 11.9 Å². The molecule has 0 aliphatic rings. The standard InChI is InChI=1S/C16H18BrNO2/c1-11-7-13(9-17)8-12(2)15(11)20-10-14-5-4-6-18-16(14)19-3/h4-8H,9-10H2,1-3H3. The maximum absolute atomic E-state index is 5.96. The van der Waals surface area contributed by atoms with E-state index in [1.807, 2.05) is 12.1 Å². The largest absolute Gasteiger partial charge is 0.488 e. The van der Waals surface area contributed by atoms with Gasteiger partial charge in [0.05, 0.1) is 12.7 Å². The van der Waals surface area contributed by atoms with E-state index in [0.29, 0.717) is 12.5 Å². The van der Waals surface area contributed by atoms with Gasteiger partial charge in [-0.25, -0.2) is 4.98 Å². The van der Waals surface area contributed by atoms with Crippen LogP contribution in [0.3, 0.4) is 0 Å². The van der Waals surface area contributed by atoms with Gasteiger partial charge in [-0.3, -0.25) is 0 Å². The van der Waals surface area contributed by atoms with Gasteiger partial charge >= 0.3 is 0 Å². The van der Waals surface area contributed by atoms with Crippen molar-refractivity contribution in [2.45, 2.75) is 25.8 Å². The summed E-state index contributed by atoms with van der Waals surface area (Å²) in [6.45, 7) is 4.58. The van der Waals surface area contributed by atoms with E-state index >= 15 is 0 Å². The van der Waals surface area contributed by atoms with Crippen molar-refractivity contribution in [2.75, 3.05) is 7.11 Å². The molecule has 0 aliphatic heterocycles. The Morgan fingerprint density at radius 3 is 2.50 bits per heavy atom. The van der Waals surface area contributed by atoms with Gasteiger partial charge in [-0.05, 0) is 42.7 Å². The Bertz CT molecular complexity index is 576. The number of hydrogen-bond donors (Lipinski definition) is 0. The number of hydrogen-bond acceptors (Lipinski definition) is 3. The van der Waals surface area contributed by atoms with Gasteiger partial charge in [-0.1, -0.05) is 28.1 Å². The highest BCUT2D eigenvalue weighted by molar-refractivity contribution is 9.08. The van der Waals surface area contributed by atoms with Gasteiger partial charge in [-0.15, -0.1) is 0 Å². The van der Waals surface area contributed by atoms with Gasteiger partial charge in [0.2, 0.25) is 5.88 Å². The maximum atomic E-state index is 5.96. The van der Waals surface area contributed by atoms with E-state index in [0.717, 1.165) is 27.8 Å². The van der Waals surface area contributed by atoms with Crippen molar-refractivity contribution in [1.29, 1.82) is 0 Å². The number of halogens is 1. The number of pyridine rings is 1. The SMILES string of the molecule is COc1ncccc1COc1c(C)cc(CBr)cc1C. The first-order valence-electron chi connectivity index (χ1n) is 6.42. The van der Waals surface area contributed by atoms with Crippen LogP contribution in [0.5, 0.6) is 11.6 Å². The minimum Gasteiger partial charge on any atom is -0.488 e. The van der Waals surface area contributed by atoms with Crippen molar-refractivity contribution < 1.29 is 9.47 Å². The van der Waals surface area contributed by atoms with Gasteiger partial charge in [0, 0.05) is 11.5 Å². The van der Waals surface area contributed by atoms with Gasteiger partial charge in [-0.2, -0.15) is 0 Å². The fraction of sp³-hybridized carbons (Fsp3) is 0.312. The Morgan fingerprint density at radius 1 is 1.20 bits per heavy atom. The highest BCUT2D eigenvalue weighted by Gasteiger charge is 2.09. The zero-order chi connectivity index (χ0) is 14.5. The molecule has 0 unspecified atom stereocenters. The molecule has 0 saturated carbocycles. The van der Waals surface area contributed by atoms with Gasteiger partial charge < -0.3 is 9.47 Å². The lowest BCUT2D eigenvalue weighted by atomic mass is 10.1. The molecule has 1 aromatic carbocycles. The Labute approximate surface area is 128 Å². The van der Waals surface area contributed by atoms with E-state index in [2.05, 4.69) is 46.9 Å². The molecule has 0 radical (unpaired) electrons. The van der Waals surface area contributed by atoms with Crippen molar-refractivity contribution >= 4 is 15.9 Å². The summed E-state index contributed by atoms with van der Waals surface area (Å²) >= 11 is 3.48. The fourth-order valence-corrected chi connectivity index (χ4v) is 2.54. The quantitative estimate of drug-likeness (QED) is 0.768. The second-order valence-electron chi connectivity index (χ2n) is 4.65. The molecule has 4 heteroatoms. The molecule has 0 fully saturated rings. The van der Waals surface area contributed by atoms with E-state index in [-0.39, 0.29) is 0 Å². The zero-order valence-electron chi connectivity index (χ0n) is 11.9. The molecule has 2 aromatic rings. The third kappa shape index (κ3) is 3.31. The number of methoxy groups -OCH3 is 1. The first kappa shape index (κ1) is 14.9. The second kappa shape index (κ2) is 6.75. The van der Waals surface area contributed by atoms with E-state index in [1.54, 1.807) is 13.3 Å². The lowest BCUT2D eigenvalue weighted by Gasteiger charge is -2.14. The normalized spacial score (nSPS) is 10.4. The van der Waals surface area contributed by atoms with Crippen LogP contribution >= 0.6 is 15.9 Å². The molecule has 3 nitrogen and oxygen atoms in total. The molecule has 0 saturated heterocycles. The summed E-state index contributed by atoms with van der Waals surface area (Å²) in [7, 11) is 1.62. The third-order valence-corrected chi connectivity index (χ3v) is 3.74. The average Bonchev–Trinajstić information content (AvgIpc) is 2.46. The molecule has 0 amide bonds. The molecule has 2 rings (SSSR count). The van der Waals surface area contributed by atoms with Crippen molar-refractivity contribution in [3.05, 3.63) is 52.7 Å². The molecule has 20 heavy (non-hydrogen) atoms. The number of alkyl halides is 1. The molecule has 1 aromatic heterocycles. The molecule has 0 aliphatic carbocycles. The second-order valence-corrected chi connectivity index (χ2v) is 5.21. The summed E-state index contributed by atoms with van der Waals surface area (Å²) in [5.41, 5.74) is 4.48. The third-order valence-electron chi connectivity index (χ3n) is 3.09. The number of benzene rings is 1. The molecule has 0 atom stereocenters. The molecule has 0 bridgehead atoms. The van der Waals surface area contributed by atoms with Gasteiger partial charge in [0.25, 0.3) is 0 Å². The van der Waals surface area contributed by atoms with Crippen LogP contribution in [0.4, 0.5) is 0 Å². The van der Waals surface area contributed by atoms with E-state index in [9.17, 15) is 0 Å². The highest BCUT2D eigenvalue weighted by Crippen LogP contribution is 2.27. The summed E-state index contributed by atoms with van der Waals surface area (Å²) < 4.78 is 11.2. The fourth-order valence-electron chi connectivity index (χ4n) is 2.21. The molecular weight excluding hydrogens is 318 g/mol. The van der Waals surface area contributed by atoms with Crippen molar-refractivity contribution in [1.82, 2.24) is 4.98 Å². The lowest BCUT2D eigenvalue weighted by molar-refractivity contribution is 0.290. The first-order valence-corrected chi connectivity index (χ1v) is 7.54. The van der Waals surface area contributed by atoms with Gasteiger partial charge in [0.15, 0.2) is 0 Å². The van der Waals surface area contributed by atoms with Crippen LogP contribution in [0.15, 0.2) is 30.5 Å². The Morgan fingerprint density at radius 2 is 1.90 bits per heavy atom. The van der Waals surface area contributed by atoms with Crippen molar-refractivity contribution in [2.24, 2.45) is 0 Å². The predicted molar refractivity (Wildman–Crippen MR) is 83.7 cm³/mol. The van der Waals surface area contributed by atoms with Crippen LogP contribution in [-0.4, -0.2) is 12.1 Å².